The maximum absolute atomic E-state index is 6.02. The van der Waals surface area contributed by atoms with Crippen LogP contribution in [-0.4, -0.2) is 15.7 Å². The van der Waals surface area contributed by atoms with Gasteiger partial charge in [0.05, 0.1) is 6.10 Å². The fourth-order valence-electron chi connectivity index (χ4n) is 1.72. The molecule has 0 aliphatic heterocycles. The van der Waals surface area contributed by atoms with Gasteiger partial charge in [0.2, 0.25) is 0 Å². The van der Waals surface area contributed by atoms with Gasteiger partial charge in [-0.1, -0.05) is 71.7 Å². The molecular formula is C14H14ClO2Si. The van der Waals surface area contributed by atoms with Crippen LogP contribution < -0.4 is 0 Å². The van der Waals surface area contributed by atoms with Crippen molar-refractivity contribution in [3.05, 3.63) is 71.8 Å². The highest BCUT2D eigenvalue weighted by molar-refractivity contribution is 6.99. The predicted molar refractivity (Wildman–Crippen MR) is 74.4 cm³/mol. The summed E-state index contributed by atoms with van der Waals surface area (Å²) in [5, 5.41) is 0. The van der Waals surface area contributed by atoms with Gasteiger partial charge in [0.15, 0.2) is 0 Å². The Morgan fingerprint density at radius 1 is 0.889 bits per heavy atom. The van der Waals surface area contributed by atoms with Crippen LogP contribution in [-0.2, 0) is 8.85 Å². The van der Waals surface area contributed by atoms with Crippen LogP contribution in [0, 0.1) is 0 Å². The average Bonchev–Trinajstić information content (AvgIpc) is 2.46. The lowest BCUT2D eigenvalue weighted by atomic mass is 10.0. The average molecular weight is 278 g/mol. The monoisotopic (exact) mass is 277 g/mol. The number of hydrogen-bond acceptors (Lipinski definition) is 2. The number of hydrogen-bond donors (Lipinski definition) is 0. The molecule has 2 aromatic rings. The molecule has 0 aromatic heterocycles. The predicted octanol–water partition coefficient (Wildman–Crippen LogP) is 3.66. The molecule has 2 rings (SSSR count). The highest BCUT2D eigenvalue weighted by atomic mass is 35.6. The summed E-state index contributed by atoms with van der Waals surface area (Å²) < 4.78 is 10.9. The van der Waals surface area contributed by atoms with Gasteiger partial charge in [0, 0.05) is 7.11 Å². The number of benzene rings is 2. The SMILES string of the molecule is CO[Si](Cl)OC(c1ccccc1)c1ccccc1. The molecule has 0 saturated carbocycles. The minimum absolute atomic E-state index is 0.182. The molecule has 0 spiro atoms. The van der Waals surface area contributed by atoms with Crippen molar-refractivity contribution in [3.8, 4) is 0 Å². The first-order chi connectivity index (χ1) is 8.81. The third-order valence-electron chi connectivity index (χ3n) is 2.58. The molecule has 4 heteroatoms. The van der Waals surface area contributed by atoms with Gasteiger partial charge in [0.1, 0.15) is 0 Å². The fourth-order valence-corrected chi connectivity index (χ4v) is 2.55. The van der Waals surface area contributed by atoms with Crippen LogP contribution in [0.4, 0.5) is 0 Å². The lowest BCUT2D eigenvalue weighted by molar-refractivity contribution is 0.196. The molecule has 0 bridgehead atoms. The van der Waals surface area contributed by atoms with Crippen molar-refractivity contribution >= 4 is 19.7 Å². The molecule has 0 fully saturated rings. The summed E-state index contributed by atoms with van der Waals surface area (Å²) >= 11 is 6.02. The molecule has 2 nitrogen and oxygen atoms in total. The van der Waals surface area contributed by atoms with Crippen LogP contribution in [0.2, 0.25) is 0 Å². The molecule has 93 valence electrons. The van der Waals surface area contributed by atoms with Gasteiger partial charge in [-0.25, -0.2) is 0 Å². The van der Waals surface area contributed by atoms with Gasteiger partial charge in [-0.3, -0.25) is 0 Å². The summed E-state index contributed by atoms with van der Waals surface area (Å²) in [4.78, 5) is 0. The summed E-state index contributed by atoms with van der Waals surface area (Å²) in [6.45, 7) is 0. The molecule has 2 aromatic carbocycles. The van der Waals surface area contributed by atoms with E-state index in [9.17, 15) is 0 Å². The van der Waals surface area contributed by atoms with Gasteiger partial charge in [-0.2, -0.15) is 0 Å². The van der Waals surface area contributed by atoms with Crippen LogP contribution in [0.25, 0.3) is 0 Å². The van der Waals surface area contributed by atoms with Crippen molar-refractivity contribution in [2.45, 2.75) is 6.10 Å². The van der Waals surface area contributed by atoms with Crippen LogP contribution in [0.1, 0.15) is 17.2 Å². The summed E-state index contributed by atoms with van der Waals surface area (Å²) in [6.07, 6.45) is -0.182. The lowest BCUT2D eigenvalue weighted by Gasteiger charge is -2.20. The zero-order valence-corrected chi connectivity index (χ0v) is 11.8. The van der Waals surface area contributed by atoms with E-state index in [2.05, 4.69) is 0 Å². The minimum atomic E-state index is -1.75. The van der Waals surface area contributed by atoms with Crippen molar-refractivity contribution in [1.29, 1.82) is 0 Å². The summed E-state index contributed by atoms with van der Waals surface area (Å²) in [7, 11) is -0.186. The van der Waals surface area contributed by atoms with E-state index in [1.54, 1.807) is 7.11 Å². The maximum Gasteiger partial charge on any atom is 0.506 e. The van der Waals surface area contributed by atoms with Crippen LogP contribution in [0.5, 0.6) is 0 Å². The first kappa shape index (κ1) is 13.3. The van der Waals surface area contributed by atoms with Crippen molar-refractivity contribution < 1.29 is 8.85 Å². The molecule has 0 unspecified atom stereocenters. The standard InChI is InChI=1S/C14H14ClO2Si/c1-16-18(15)17-14(12-8-4-2-5-9-12)13-10-6-3-7-11-13/h2-11,14H,1H3. The topological polar surface area (TPSA) is 18.5 Å². The van der Waals surface area contributed by atoms with E-state index in [4.69, 9.17) is 19.9 Å². The van der Waals surface area contributed by atoms with E-state index in [1.807, 2.05) is 60.7 Å². The van der Waals surface area contributed by atoms with Gasteiger partial charge >= 0.3 is 8.59 Å². The van der Waals surface area contributed by atoms with Crippen molar-refractivity contribution in [2.75, 3.05) is 7.11 Å². The second kappa shape index (κ2) is 6.71. The third-order valence-corrected chi connectivity index (χ3v) is 4.05. The zero-order chi connectivity index (χ0) is 12.8. The molecule has 1 radical (unpaired) electrons. The van der Waals surface area contributed by atoms with E-state index in [0.29, 0.717) is 0 Å². The second-order valence-electron chi connectivity index (χ2n) is 3.76. The molecule has 0 atom stereocenters. The molecule has 0 amide bonds. The third kappa shape index (κ3) is 3.43. The van der Waals surface area contributed by atoms with Gasteiger partial charge < -0.3 is 8.85 Å². The molecule has 0 N–H and O–H groups in total. The normalized spacial score (nSPS) is 11.1. The van der Waals surface area contributed by atoms with Crippen molar-refractivity contribution in [3.63, 3.8) is 0 Å². The van der Waals surface area contributed by atoms with Crippen molar-refractivity contribution in [2.24, 2.45) is 0 Å². The molecule has 18 heavy (non-hydrogen) atoms. The molecule has 0 heterocycles. The van der Waals surface area contributed by atoms with Gasteiger partial charge in [-0.15, -0.1) is 0 Å². The van der Waals surface area contributed by atoms with Gasteiger partial charge in [0.25, 0.3) is 0 Å². The van der Waals surface area contributed by atoms with Gasteiger partial charge in [-0.05, 0) is 11.1 Å². The van der Waals surface area contributed by atoms with E-state index in [-0.39, 0.29) is 6.10 Å². The second-order valence-corrected chi connectivity index (χ2v) is 5.81. The first-order valence-corrected chi connectivity index (χ1v) is 7.97. The van der Waals surface area contributed by atoms with E-state index in [1.165, 1.54) is 0 Å². The Morgan fingerprint density at radius 3 is 1.72 bits per heavy atom. The molecule has 0 aliphatic carbocycles. The Morgan fingerprint density at radius 2 is 1.33 bits per heavy atom. The summed E-state index contributed by atoms with van der Waals surface area (Å²) in [6, 6.07) is 20.0. The van der Waals surface area contributed by atoms with E-state index in [0.717, 1.165) is 11.1 Å². The highest BCUT2D eigenvalue weighted by Gasteiger charge is 2.21. The Bertz CT molecular complexity index is 424. The minimum Gasteiger partial charge on any atom is -0.385 e. The largest absolute Gasteiger partial charge is 0.506 e. The maximum atomic E-state index is 6.02. The molecule has 0 saturated heterocycles. The first-order valence-electron chi connectivity index (χ1n) is 5.64. The Labute approximate surface area is 114 Å². The van der Waals surface area contributed by atoms with Crippen LogP contribution >= 0.6 is 11.1 Å². The molecule has 0 aliphatic rings. The van der Waals surface area contributed by atoms with E-state index >= 15 is 0 Å². The summed E-state index contributed by atoms with van der Waals surface area (Å²) in [5.74, 6) is 0. The summed E-state index contributed by atoms with van der Waals surface area (Å²) in [5.41, 5.74) is 2.15. The Balaban J connectivity index is 2.29. The lowest BCUT2D eigenvalue weighted by Crippen LogP contribution is -2.18. The smallest absolute Gasteiger partial charge is 0.385 e. The number of rotatable bonds is 5. The quantitative estimate of drug-likeness (QED) is 0.613. The van der Waals surface area contributed by atoms with Crippen molar-refractivity contribution in [1.82, 2.24) is 0 Å². The van der Waals surface area contributed by atoms with Crippen LogP contribution in [0.15, 0.2) is 60.7 Å². The van der Waals surface area contributed by atoms with Crippen LogP contribution in [0.3, 0.4) is 0 Å². The highest BCUT2D eigenvalue weighted by Crippen LogP contribution is 2.27. The Hall–Kier alpha value is -1.13. The Kier molecular flexibility index (Phi) is 4.96. The number of halogens is 1. The zero-order valence-electron chi connectivity index (χ0n) is 10.0. The van der Waals surface area contributed by atoms with E-state index < -0.39 is 8.59 Å². The fraction of sp³-hybridized carbons (Fsp3) is 0.143. The molecular weight excluding hydrogens is 264 g/mol.